The van der Waals surface area contributed by atoms with E-state index in [9.17, 15) is 14.3 Å². The zero-order valence-corrected chi connectivity index (χ0v) is 31.7. The van der Waals surface area contributed by atoms with Crippen LogP contribution >= 0.6 is 7.82 Å². The minimum Gasteiger partial charge on any atom is -0.457 e. The molecule has 0 aliphatic heterocycles. The summed E-state index contributed by atoms with van der Waals surface area (Å²) in [6.45, 7) is 4.91. The van der Waals surface area contributed by atoms with Crippen molar-refractivity contribution in [2.75, 3.05) is 33.0 Å². The number of nitrogens with two attached hydrogens (primary N) is 1. The molecule has 0 aromatic carbocycles. The lowest BCUT2D eigenvalue weighted by Gasteiger charge is -2.20. The molecule has 0 aliphatic carbocycles. The highest BCUT2D eigenvalue weighted by molar-refractivity contribution is 7.47. The van der Waals surface area contributed by atoms with Crippen LogP contribution in [0.3, 0.4) is 0 Å². The number of ether oxygens (including phenoxy) is 2. The fourth-order valence-electron chi connectivity index (χ4n) is 5.52. The van der Waals surface area contributed by atoms with E-state index >= 15 is 0 Å². The first kappa shape index (κ1) is 46.2. The highest BCUT2D eigenvalue weighted by Gasteiger charge is 2.25. The van der Waals surface area contributed by atoms with Crippen LogP contribution in [0, 0.1) is 0 Å². The number of phosphoric acid groups is 1. The molecule has 0 aromatic heterocycles. The number of hydrogen-bond donors (Lipinski definition) is 2. The molecule has 280 valence electrons. The molecule has 0 spiro atoms. The Kier molecular flexibility index (Phi) is 35.9. The smallest absolute Gasteiger partial charge is 0.457 e. The third-order valence-corrected chi connectivity index (χ3v) is 9.42. The zero-order valence-electron chi connectivity index (χ0n) is 30.8. The van der Waals surface area contributed by atoms with Crippen molar-refractivity contribution in [3.63, 3.8) is 0 Å². The highest BCUT2D eigenvalue weighted by atomic mass is 31.2. The van der Waals surface area contributed by atoms with E-state index in [0.29, 0.717) is 13.0 Å². The Morgan fingerprint density at radius 1 is 0.617 bits per heavy atom. The van der Waals surface area contributed by atoms with Crippen molar-refractivity contribution in [3.05, 3.63) is 12.2 Å². The number of hydrogen-bond acceptors (Lipinski definition) is 7. The Bertz CT molecular complexity index is 737. The van der Waals surface area contributed by atoms with Gasteiger partial charge in [0.1, 0.15) is 6.10 Å². The fraction of sp³-hybridized carbons (Fsp3) is 0.921. The number of unbranched alkanes of at least 4 members (excludes halogenated alkanes) is 23. The maximum Gasteiger partial charge on any atom is 0.472 e. The van der Waals surface area contributed by atoms with Crippen LogP contribution < -0.4 is 5.73 Å². The summed E-state index contributed by atoms with van der Waals surface area (Å²) in [4.78, 5) is 22.4. The Morgan fingerprint density at radius 3 is 1.60 bits per heavy atom. The van der Waals surface area contributed by atoms with Crippen molar-refractivity contribution in [2.24, 2.45) is 5.73 Å². The van der Waals surface area contributed by atoms with E-state index in [4.69, 9.17) is 24.3 Å². The van der Waals surface area contributed by atoms with Gasteiger partial charge in [0.2, 0.25) is 0 Å². The van der Waals surface area contributed by atoms with Crippen LogP contribution in [0.25, 0.3) is 0 Å². The van der Waals surface area contributed by atoms with Crippen molar-refractivity contribution >= 4 is 13.8 Å². The molecule has 2 unspecified atom stereocenters. The maximum atomic E-state index is 12.5. The molecule has 0 saturated carbocycles. The molecule has 0 radical (unpaired) electrons. The summed E-state index contributed by atoms with van der Waals surface area (Å²) in [6.07, 6.45) is 36.5. The summed E-state index contributed by atoms with van der Waals surface area (Å²) >= 11 is 0. The van der Waals surface area contributed by atoms with E-state index in [2.05, 4.69) is 26.0 Å². The number of esters is 1. The van der Waals surface area contributed by atoms with E-state index in [1.807, 2.05) is 0 Å². The predicted molar refractivity (Wildman–Crippen MR) is 197 cm³/mol. The van der Waals surface area contributed by atoms with Crippen molar-refractivity contribution in [1.29, 1.82) is 0 Å². The Balaban J connectivity index is 4.04. The highest BCUT2D eigenvalue weighted by Crippen LogP contribution is 2.43. The van der Waals surface area contributed by atoms with E-state index in [1.165, 1.54) is 122 Å². The molecule has 0 heterocycles. The Morgan fingerprint density at radius 2 is 1.06 bits per heavy atom. The van der Waals surface area contributed by atoms with E-state index < -0.39 is 13.9 Å². The molecule has 0 aromatic rings. The molecular formula is C38H76NO7P. The van der Waals surface area contributed by atoms with Gasteiger partial charge in [-0.15, -0.1) is 0 Å². The van der Waals surface area contributed by atoms with Crippen molar-refractivity contribution in [1.82, 2.24) is 0 Å². The topological polar surface area (TPSA) is 117 Å². The lowest BCUT2D eigenvalue weighted by molar-refractivity contribution is -0.154. The van der Waals surface area contributed by atoms with E-state index in [1.54, 1.807) is 0 Å². The monoisotopic (exact) mass is 690 g/mol. The normalized spacial score (nSPS) is 13.7. The predicted octanol–water partition coefficient (Wildman–Crippen LogP) is 11.1. The SMILES string of the molecule is CCCCC/C=C\CCCCCCCC(=O)OC(COCCCCCCCCCCCCCCCCCC)COP(=O)(O)OCCN. The molecule has 47 heavy (non-hydrogen) atoms. The summed E-state index contributed by atoms with van der Waals surface area (Å²) in [7, 11) is -4.27. The molecule has 0 bridgehead atoms. The fourth-order valence-corrected chi connectivity index (χ4v) is 6.29. The molecule has 0 aliphatic rings. The standard InChI is InChI=1S/C38H76NO7P/c1-3-5-7-9-11-13-15-17-18-19-20-22-24-26-28-30-33-43-35-37(36-45-47(41,42)44-34-32-39)46-38(40)31-29-27-25-23-21-16-14-12-10-8-6-4-2/h12,14,37H,3-11,13,15-36,39H2,1-2H3,(H,41,42)/b14-12-. The first-order valence-electron chi connectivity index (χ1n) is 19.7. The summed E-state index contributed by atoms with van der Waals surface area (Å²) in [5.41, 5.74) is 5.35. The summed E-state index contributed by atoms with van der Waals surface area (Å²) in [6, 6.07) is 0. The van der Waals surface area contributed by atoms with Gasteiger partial charge in [0.25, 0.3) is 0 Å². The second-order valence-corrected chi connectivity index (χ2v) is 14.6. The number of phosphoric ester groups is 1. The largest absolute Gasteiger partial charge is 0.472 e. The molecule has 2 atom stereocenters. The third-order valence-electron chi connectivity index (χ3n) is 8.43. The number of carbonyl (C=O) groups is 1. The van der Waals surface area contributed by atoms with Gasteiger partial charge >= 0.3 is 13.8 Å². The van der Waals surface area contributed by atoms with Crippen LogP contribution in [0.1, 0.15) is 187 Å². The van der Waals surface area contributed by atoms with Crippen LogP contribution in [-0.2, 0) is 27.9 Å². The first-order chi connectivity index (χ1) is 22.9. The quantitative estimate of drug-likeness (QED) is 0.0285. The zero-order chi connectivity index (χ0) is 34.5. The van der Waals surface area contributed by atoms with E-state index in [0.717, 1.165) is 44.9 Å². The maximum absolute atomic E-state index is 12.5. The van der Waals surface area contributed by atoms with Gasteiger partial charge in [0, 0.05) is 19.6 Å². The summed E-state index contributed by atoms with van der Waals surface area (Å²) < 4.78 is 33.3. The molecule has 9 heteroatoms. The first-order valence-corrected chi connectivity index (χ1v) is 21.2. The van der Waals surface area contributed by atoms with Crippen LogP contribution in [0.4, 0.5) is 0 Å². The van der Waals surface area contributed by atoms with Crippen LogP contribution in [0.5, 0.6) is 0 Å². The number of rotatable bonds is 38. The van der Waals surface area contributed by atoms with Gasteiger partial charge in [-0.05, 0) is 38.5 Å². The Hall–Kier alpha value is -0.760. The van der Waals surface area contributed by atoms with Gasteiger partial charge < -0.3 is 20.1 Å². The molecule has 3 N–H and O–H groups in total. The minimum atomic E-state index is -4.27. The molecule has 0 amide bonds. The van der Waals surface area contributed by atoms with Crippen LogP contribution in [0.15, 0.2) is 12.2 Å². The summed E-state index contributed by atoms with van der Waals surface area (Å²) in [5, 5.41) is 0. The van der Waals surface area contributed by atoms with Gasteiger partial charge in [-0.3, -0.25) is 13.8 Å². The molecule has 0 fully saturated rings. The van der Waals surface area contributed by atoms with Gasteiger partial charge in [-0.2, -0.15) is 0 Å². The van der Waals surface area contributed by atoms with Crippen molar-refractivity contribution in [3.8, 4) is 0 Å². The second-order valence-electron chi connectivity index (χ2n) is 13.1. The van der Waals surface area contributed by atoms with Gasteiger partial charge in [-0.1, -0.05) is 154 Å². The van der Waals surface area contributed by atoms with Crippen molar-refractivity contribution in [2.45, 2.75) is 193 Å². The van der Waals surface area contributed by atoms with E-state index in [-0.39, 0.29) is 32.3 Å². The summed E-state index contributed by atoms with van der Waals surface area (Å²) in [5.74, 6) is -0.338. The van der Waals surface area contributed by atoms with Crippen LogP contribution in [0.2, 0.25) is 0 Å². The average molecular weight is 690 g/mol. The van der Waals surface area contributed by atoms with Crippen LogP contribution in [-0.4, -0.2) is 49.9 Å². The third kappa shape index (κ3) is 36.3. The number of allylic oxidation sites excluding steroid dienone is 2. The number of carbonyl (C=O) groups excluding carboxylic acids is 1. The van der Waals surface area contributed by atoms with Crippen molar-refractivity contribution < 1.29 is 32.8 Å². The average Bonchev–Trinajstić information content (AvgIpc) is 3.06. The van der Waals surface area contributed by atoms with Gasteiger partial charge in [0.15, 0.2) is 0 Å². The second kappa shape index (κ2) is 36.5. The van der Waals surface area contributed by atoms with Gasteiger partial charge in [0.05, 0.1) is 19.8 Å². The Labute approximate surface area is 290 Å². The molecule has 0 saturated heterocycles. The van der Waals surface area contributed by atoms with Gasteiger partial charge in [-0.25, -0.2) is 4.57 Å². The minimum absolute atomic E-state index is 0.0940. The molecule has 8 nitrogen and oxygen atoms in total. The lowest BCUT2D eigenvalue weighted by atomic mass is 10.0. The molecule has 0 rings (SSSR count). The lowest BCUT2D eigenvalue weighted by Crippen LogP contribution is -2.28. The molecular weight excluding hydrogens is 613 g/mol.